The van der Waals surface area contributed by atoms with Gasteiger partial charge in [-0.15, -0.1) is 11.3 Å². The summed E-state index contributed by atoms with van der Waals surface area (Å²) in [5.41, 5.74) is 3.55. The number of aryl methyl sites for hydroxylation is 1. The fraction of sp³-hybridized carbons (Fsp3) is 0.200. The van der Waals surface area contributed by atoms with E-state index in [9.17, 15) is 0 Å². The minimum Gasteiger partial charge on any atom is -0.134 e. The fourth-order valence-corrected chi connectivity index (χ4v) is 4.02. The molecule has 0 unspecified atom stereocenters. The zero-order chi connectivity index (χ0) is 12.9. The molecular weight excluding hydrogens is 283 g/mol. The van der Waals surface area contributed by atoms with Crippen molar-refractivity contribution in [3.05, 3.63) is 50.9 Å². The van der Waals surface area contributed by atoms with Crippen LogP contribution in [0.15, 0.2) is 34.9 Å². The third-order valence-corrected chi connectivity index (χ3v) is 5.57. The number of hydrogen-bond donors (Lipinski definition) is 0. The summed E-state index contributed by atoms with van der Waals surface area (Å²) in [5.74, 6) is 0. The van der Waals surface area contributed by atoms with Crippen LogP contribution >= 0.6 is 34.5 Å². The minimum atomic E-state index is 0.768. The Labute approximate surface area is 121 Å². The summed E-state index contributed by atoms with van der Waals surface area (Å²) in [5, 5.41) is 2.87. The van der Waals surface area contributed by atoms with E-state index in [2.05, 4.69) is 31.2 Å². The second-order valence-electron chi connectivity index (χ2n) is 4.60. The number of halogens is 2. The molecular formula is C15H12Cl2S. The van der Waals surface area contributed by atoms with Gasteiger partial charge in [0.1, 0.15) is 0 Å². The highest BCUT2D eigenvalue weighted by molar-refractivity contribution is 7.21. The first-order valence-electron chi connectivity index (χ1n) is 5.82. The van der Waals surface area contributed by atoms with Crippen molar-refractivity contribution in [3.63, 3.8) is 0 Å². The SMILES string of the molecule is CC1=C(Cl)c2sc3ccc(C)cc3c2CC=C1Cl. The van der Waals surface area contributed by atoms with Gasteiger partial charge in [0.15, 0.2) is 0 Å². The van der Waals surface area contributed by atoms with Crippen LogP contribution in [0.1, 0.15) is 22.9 Å². The van der Waals surface area contributed by atoms with Gasteiger partial charge in [-0.25, -0.2) is 0 Å². The summed E-state index contributed by atoms with van der Waals surface area (Å²) in [6, 6.07) is 6.55. The van der Waals surface area contributed by atoms with Gasteiger partial charge in [0, 0.05) is 9.73 Å². The lowest BCUT2D eigenvalue weighted by molar-refractivity contribution is 1.31. The molecule has 0 saturated carbocycles. The second kappa shape index (κ2) is 4.41. The van der Waals surface area contributed by atoms with E-state index >= 15 is 0 Å². The largest absolute Gasteiger partial charge is 0.134 e. The number of thiophene rings is 1. The highest BCUT2D eigenvalue weighted by atomic mass is 35.5. The molecule has 0 fully saturated rings. The topological polar surface area (TPSA) is 0 Å². The summed E-state index contributed by atoms with van der Waals surface area (Å²) in [4.78, 5) is 1.17. The lowest BCUT2D eigenvalue weighted by Crippen LogP contribution is -1.82. The Kier molecular flexibility index (Phi) is 3.01. The molecule has 1 aromatic carbocycles. The maximum atomic E-state index is 6.47. The lowest BCUT2D eigenvalue weighted by atomic mass is 10.1. The van der Waals surface area contributed by atoms with E-state index in [1.165, 1.54) is 26.1 Å². The van der Waals surface area contributed by atoms with Crippen LogP contribution in [0.2, 0.25) is 0 Å². The molecule has 1 aromatic heterocycles. The Bertz CT molecular complexity index is 705. The van der Waals surface area contributed by atoms with E-state index in [1.807, 2.05) is 6.92 Å². The average Bonchev–Trinajstić information content (AvgIpc) is 2.67. The van der Waals surface area contributed by atoms with Crippen molar-refractivity contribution in [2.24, 2.45) is 0 Å². The molecule has 1 aliphatic rings. The summed E-state index contributed by atoms with van der Waals surface area (Å²) in [6.07, 6.45) is 2.91. The van der Waals surface area contributed by atoms with Crippen molar-refractivity contribution in [1.29, 1.82) is 0 Å². The van der Waals surface area contributed by atoms with E-state index in [-0.39, 0.29) is 0 Å². The van der Waals surface area contributed by atoms with Crippen LogP contribution in [0.3, 0.4) is 0 Å². The Morgan fingerprint density at radius 2 is 1.94 bits per heavy atom. The maximum absolute atomic E-state index is 6.47. The minimum absolute atomic E-state index is 0.768. The van der Waals surface area contributed by atoms with Gasteiger partial charge in [0.25, 0.3) is 0 Å². The van der Waals surface area contributed by atoms with E-state index in [1.54, 1.807) is 11.3 Å². The molecule has 3 rings (SSSR count). The predicted molar refractivity (Wildman–Crippen MR) is 82.6 cm³/mol. The van der Waals surface area contributed by atoms with Crippen LogP contribution in [0, 0.1) is 6.92 Å². The van der Waals surface area contributed by atoms with Crippen molar-refractivity contribution >= 4 is 49.7 Å². The monoisotopic (exact) mass is 294 g/mol. The van der Waals surface area contributed by atoms with Crippen LogP contribution in [-0.2, 0) is 6.42 Å². The van der Waals surface area contributed by atoms with E-state index in [0.29, 0.717) is 0 Å². The normalized spacial score (nSPS) is 15.7. The predicted octanol–water partition coefficient (Wildman–Crippen LogP) is 5.86. The van der Waals surface area contributed by atoms with Crippen LogP contribution in [0.4, 0.5) is 0 Å². The summed E-state index contributed by atoms with van der Waals surface area (Å²) < 4.78 is 1.29. The third-order valence-electron chi connectivity index (χ3n) is 3.32. The molecule has 0 saturated heterocycles. The molecule has 0 atom stereocenters. The standard InChI is InChI=1S/C15H12Cl2S/c1-8-3-6-13-11(7-8)10-4-5-12(16)9(2)14(17)15(10)18-13/h3,5-7H,4H2,1-2H3. The van der Waals surface area contributed by atoms with Crippen molar-refractivity contribution < 1.29 is 0 Å². The highest BCUT2D eigenvalue weighted by Crippen LogP contribution is 2.43. The van der Waals surface area contributed by atoms with Gasteiger partial charge in [-0.1, -0.05) is 47.0 Å². The van der Waals surface area contributed by atoms with E-state index in [0.717, 1.165) is 22.1 Å². The van der Waals surface area contributed by atoms with Crippen LogP contribution < -0.4 is 0 Å². The lowest BCUT2D eigenvalue weighted by Gasteiger charge is -2.00. The molecule has 0 N–H and O–H groups in total. The second-order valence-corrected chi connectivity index (χ2v) is 6.44. The molecule has 0 nitrogen and oxygen atoms in total. The molecule has 92 valence electrons. The summed E-state index contributed by atoms with van der Waals surface area (Å²) in [7, 11) is 0. The van der Waals surface area contributed by atoms with Crippen LogP contribution in [0.25, 0.3) is 15.1 Å². The van der Waals surface area contributed by atoms with Gasteiger partial charge in [0.2, 0.25) is 0 Å². The zero-order valence-corrected chi connectivity index (χ0v) is 12.5. The fourth-order valence-electron chi connectivity index (χ4n) is 2.26. The number of fused-ring (bicyclic) bond motifs is 3. The average molecular weight is 295 g/mol. The van der Waals surface area contributed by atoms with Crippen molar-refractivity contribution in [2.75, 3.05) is 0 Å². The van der Waals surface area contributed by atoms with Crippen LogP contribution in [-0.4, -0.2) is 0 Å². The van der Waals surface area contributed by atoms with Gasteiger partial charge in [-0.2, -0.15) is 0 Å². The molecule has 0 aliphatic heterocycles. The molecule has 1 aliphatic carbocycles. The Hall–Kier alpha value is -0.760. The van der Waals surface area contributed by atoms with Gasteiger partial charge < -0.3 is 0 Å². The number of rotatable bonds is 0. The smallest absolute Gasteiger partial charge is 0.0625 e. The van der Waals surface area contributed by atoms with Gasteiger partial charge >= 0.3 is 0 Å². The van der Waals surface area contributed by atoms with Crippen molar-refractivity contribution in [1.82, 2.24) is 0 Å². The first kappa shape index (κ1) is 12.3. The molecule has 0 spiro atoms. The van der Waals surface area contributed by atoms with Crippen LogP contribution in [0.5, 0.6) is 0 Å². The molecule has 0 bridgehead atoms. The van der Waals surface area contributed by atoms with E-state index in [4.69, 9.17) is 23.2 Å². The third kappa shape index (κ3) is 1.82. The van der Waals surface area contributed by atoms with E-state index < -0.39 is 0 Å². The molecule has 2 aromatic rings. The Morgan fingerprint density at radius 1 is 1.17 bits per heavy atom. The molecule has 0 amide bonds. The van der Waals surface area contributed by atoms with Crippen molar-refractivity contribution in [2.45, 2.75) is 20.3 Å². The first-order chi connectivity index (χ1) is 8.58. The number of hydrogen-bond acceptors (Lipinski definition) is 1. The highest BCUT2D eigenvalue weighted by Gasteiger charge is 2.19. The Balaban J connectivity index is 2.36. The van der Waals surface area contributed by atoms with Gasteiger partial charge in [0.05, 0.1) is 9.91 Å². The molecule has 3 heteroatoms. The summed E-state index contributed by atoms with van der Waals surface area (Å²) >= 11 is 14.4. The van der Waals surface area contributed by atoms with Gasteiger partial charge in [-0.3, -0.25) is 0 Å². The maximum Gasteiger partial charge on any atom is 0.0625 e. The van der Waals surface area contributed by atoms with Gasteiger partial charge in [-0.05, 0) is 42.9 Å². The first-order valence-corrected chi connectivity index (χ1v) is 7.40. The number of allylic oxidation sites excluding steroid dienone is 3. The quantitative estimate of drug-likeness (QED) is 0.571. The molecule has 0 radical (unpaired) electrons. The Morgan fingerprint density at radius 3 is 2.72 bits per heavy atom. The van der Waals surface area contributed by atoms with Crippen molar-refractivity contribution in [3.8, 4) is 0 Å². The number of benzene rings is 1. The summed E-state index contributed by atoms with van der Waals surface area (Å²) in [6.45, 7) is 4.09. The molecule has 1 heterocycles. The zero-order valence-electron chi connectivity index (χ0n) is 10.2. The molecule has 18 heavy (non-hydrogen) atoms.